The van der Waals surface area contributed by atoms with Gasteiger partial charge < -0.3 is 20.1 Å². The molecule has 0 bridgehead atoms. The van der Waals surface area contributed by atoms with E-state index in [-0.39, 0.29) is 11.6 Å². The van der Waals surface area contributed by atoms with Gasteiger partial charge in [0.1, 0.15) is 0 Å². The number of nitrogens with zero attached hydrogens (tertiary/aromatic N) is 1. The highest BCUT2D eigenvalue weighted by Gasteiger charge is 2.39. The van der Waals surface area contributed by atoms with E-state index in [1.165, 1.54) is 0 Å². The van der Waals surface area contributed by atoms with Crippen molar-refractivity contribution >= 4 is 12.0 Å². The molecule has 2 aliphatic rings. The highest BCUT2D eigenvalue weighted by molar-refractivity contribution is 5.83. The maximum atomic E-state index is 12.4. The fourth-order valence-corrected chi connectivity index (χ4v) is 3.41. The third-order valence-corrected chi connectivity index (χ3v) is 4.79. The molecule has 1 atom stereocenters. The number of amides is 2. The highest BCUT2D eigenvalue weighted by atomic mass is 16.5. The average molecular weight is 318 g/mol. The van der Waals surface area contributed by atoms with Gasteiger partial charge in [0.15, 0.2) is 6.04 Å². The van der Waals surface area contributed by atoms with E-state index >= 15 is 0 Å². The number of hydrogen-bond donors (Lipinski definition) is 2. The molecule has 1 spiro atoms. The first-order chi connectivity index (χ1) is 11.1. The number of piperidine rings is 1. The maximum Gasteiger partial charge on any atom is 0.330 e. The van der Waals surface area contributed by atoms with E-state index in [0.717, 1.165) is 32.3 Å². The normalized spacial score (nSPS) is 21.1. The summed E-state index contributed by atoms with van der Waals surface area (Å²) in [6.45, 7) is 2.02. The van der Waals surface area contributed by atoms with Crippen LogP contribution in [0.2, 0.25) is 0 Å². The Morgan fingerprint density at radius 2 is 1.87 bits per heavy atom. The van der Waals surface area contributed by atoms with E-state index in [4.69, 9.17) is 4.74 Å². The van der Waals surface area contributed by atoms with Crippen molar-refractivity contribution < 1.29 is 19.4 Å². The van der Waals surface area contributed by atoms with Crippen molar-refractivity contribution in [2.24, 2.45) is 0 Å². The summed E-state index contributed by atoms with van der Waals surface area (Å²) >= 11 is 0. The van der Waals surface area contributed by atoms with Crippen LogP contribution in [0.4, 0.5) is 4.79 Å². The van der Waals surface area contributed by atoms with E-state index in [1.54, 1.807) is 29.2 Å². The fraction of sp³-hybridized carbons (Fsp3) is 0.529. The van der Waals surface area contributed by atoms with E-state index < -0.39 is 12.0 Å². The standard InChI is InChI=1S/C17H22N2O4/c20-15(21)14(13-5-2-1-3-6-13)18-16(22)19-10-8-17(9-11-19)7-4-12-23-17/h1-3,5-6,14H,4,7-12H2,(H,18,22)(H,20,21)/t14-/m1/s1. The van der Waals surface area contributed by atoms with Gasteiger partial charge in [-0.1, -0.05) is 30.3 Å². The number of carboxylic acids is 1. The summed E-state index contributed by atoms with van der Waals surface area (Å²) in [5, 5.41) is 12.0. The SMILES string of the molecule is O=C(O)[C@H](NC(=O)N1CCC2(CCCO2)CC1)c1ccccc1. The molecule has 1 aromatic carbocycles. The Labute approximate surface area is 135 Å². The molecule has 2 aliphatic heterocycles. The van der Waals surface area contributed by atoms with Gasteiger partial charge >= 0.3 is 12.0 Å². The zero-order chi connectivity index (χ0) is 16.3. The second kappa shape index (κ2) is 6.58. The number of ether oxygens (including phenoxy) is 1. The van der Waals surface area contributed by atoms with Crippen molar-refractivity contribution in [1.82, 2.24) is 10.2 Å². The number of carbonyl (C=O) groups excluding carboxylic acids is 1. The number of nitrogens with one attached hydrogen (secondary N) is 1. The second-order valence-corrected chi connectivity index (χ2v) is 6.25. The summed E-state index contributed by atoms with van der Waals surface area (Å²) in [5.74, 6) is -1.06. The minimum atomic E-state index is -1.06. The molecule has 2 amide bonds. The number of rotatable bonds is 3. The summed E-state index contributed by atoms with van der Waals surface area (Å²) in [6, 6.07) is 7.40. The van der Waals surface area contributed by atoms with Crippen molar-refractivity contribution in [2.75, 3.05) is 19.7 Å². The molecule has 124 valence electrons. The Morgan fingerprint density at radius 1 is 1.17 bits per heavy atom. The molecule has 2 saturated heterocycles. The van der Waals surface area contributed by atoms with Crippen LogP contribution in [-0.2, 0) is 9.53 Å². The molecule has 2 heterocycles. The Morgan fingerprint density at radius 3 is 2.43 bits per heavy atom. The number of carbonyl (C=O) groups is 2. The van der Waals surface area contributed by atoms with Crippen molar-refractivity contribution in [3.05, 3.63) is 35.9 Å². The van der Waals surface area contributed by atoms with Crippen molar-refractivity contribution in [3.8, 4) is 0 Å². The van der Waals surface area contributed by atoms with Crippen LogP contribution in [-0.4, -0.2) is 47.3 Å². The lowest BCUT2D eigenvalue weighted by Crippen LogP contribution is -2.51. The third-order valence-electron chi connectivity index (χ3n) is 4.79. The predicted octanol–water partition coefficient (Wildman–Crippen LogP) is 2.17. The van der Waals surface area contributed by atoms with Gasteiger partial charge in [0, 0.05) is 19.7 Å². The molecule has 0 unspecified atom stereocenters. The third kappa shape index (κ3) is 3.47. The van der Waals surface area contributed by atoms with Gasteiger partial charge in [0.2, 0.25) is 0 Å². The Kier molecular flexibility index (Phi) is 4.52. The Balaban J connectivity index is 1.61. The first-order valence-corrected chi connectivity index (χ1v) is 8.07. The summed E-state index contributed by atoms with van der Waals surface area (Å²) in [7, 11) is 0. The number of likely N-dealkylation sites (tertiary alicyclic amines) is 1. The predicted molar refractivity (Wildman–Crippen MR) is 84.1 cm³/mol. The van der Waals surface area contributed by atoms with Crippen LogP contribution in [0.5, 0.6) is 0 Å². The van der Waals surface area contributed by atoms with Crippen molar-refractivity contribution in [1.29, 1.82) is 0 Å². The van der Waals surface area contributed by atoms with Crippen LogP contribution in [0.15, 0.2) is 30.3 Å². The number of aliphatic carboxylic acids is 1. The molecule has 0 saturated carbocycles. The lowest BCUT2D eigenvalue weighted by molar-refractivity contribution is -0.139. The van der Waals surface area contributed by atoms with Crippen LogP contribution in [0.3, 0.4) is 0 Å². The number of hydrogen-bond acceptors (Lipinski definition) is 3. The quantitative estimate of drug-likeness (QED) is 0.895. The average Bonchev–Trinajstić information content (AvgIpc) is 3.01. The minimum Gasteiger partial charge on any atom is -0.479 e. The lowest BCUT2D eigenvalue weighted by Gasteiger charge is -2.38. The summed E-state index contributed by atoms with van der Waals surface area (Å²) in [6.07, 6.45) is 3.79. The molecular formula is C17H22N2O4. The molecule has 0 radical (unpaired) electrons. The molecule has 2 fully saturated rings. The molecule has 2 N–H and O–H groups in total. The highest BCUT2D eigenvalue weighted by Crippen LogP contribution is 2.35. The van der Waals surface area contributed by atoms with Gasteiger partial charge in [-0.25, -0.2) is 9.59 Å². The van der Waals surface area contributed by atoms with Crippen LogP contribution < -0.4 is 5.32 Å². The summed E-state index contributed by atoms with van der Waals surface area (Å²) in [5.41, 5.74) is 0.517. The van der Waals surface area contributed by atoms with Crippen LogP contribution in [0, 0.1) is 0 Å². The van der Waals surface area contributed by atoms with Crippen molar-refractivity contribution in [2.45, 2.75) is 37.3 Å². The summed E-state index contributed by atoms with van der Waals surface area (Å²) in [4.78, 5) is 25.6. The van der Waals surface area contributed by atoms with E-state index in [1.807, 2.05) is 6.07 Å². The number of benzene rings is 1. The fourth-order valence-electron chi connectivity index (χ4n) is 3.41. The largest absolute Gasteiger partial charge is 0.479 e. The molecular weight excluding hydrogens is 296 g/mol. The number of urea groups is 1. The molecule has 6 heteroatoms. The Bertz CT molecular complexity index is 559. The maximum absolute atomic E-state index is 12.4. The van der Waals surface area contributed by atoms with Crippen molar-refractivity contribution in [3.63, 3.8) is 0 Å². The molecule has 3 rings (SSSR count). The minimum absolute atomic E-state index is 0.0532. The Hall–Kier alpha value is -2.08. The zero-order valence-corrected chi connectivity index (χ0v) is 13.0. The molecule has 0 aliphatic carbocycles. The molecule has 6 nitrogen and oxygen atoms in total. The van der Waals surface area contributed by atoms with Gasteiger partial charge in [-0.15, -0.1) is 0 Å². The smallest absolute Gasteiger partial charge is 0.330 e. The first-order valence-electron chi connectivity index (χ1n) is 8.07. The molecule has 1 aromatic rings. The van der Waals surface area contributed by atoms with Gasteiger partial charge in [-0.3, -0.25) is 0 Å². The zero-order valence-electron chi connectivity index (χ0n) is 13.0. The molecule has 23 heavy (non-hydrogen) atoms. The van der Waals surface area contributed by atoms with E-state index in [9.17, 15) is 14.7 Å². The monoisotopic (exact) mass is 318 g/mol. The van der Waals surface area contributed by atoms with Crippen LogP contribution in [0.1, 0.15) is 37.3 Å². The van der Waals surface area contributed by atoms with E-state index in [2.05, 4.69) is 5.32 Å². The first kappa shape index (κ1) is 15.8. The van der Waals surface area contributed by atoms with E-state index in [0.29, 0.717) is 18.7 Å². The topological polar surface area (TPSA) is 78.9 Å². The van der Waals surface area contributed by atoms with Crippen LogP contribution >= 0.6 is 0 Å². The van der Waals surface area contributed by atoms with Gasteiger partial charge in [-0.05, 0) is 31.2 Å². The summed E-state index contributed by atoms with van der Waals surface area (Å²) < 4.78 is 5.85. The second-order valence-electron chi connectivity index (χ2n) is 6.25. The van der Waals surface area contributed by atoms with Gasteiger partial charge in [0.05, 0.1) is 5.60 Å². The lowest BCUT2D eigenvalue weighted by atomic mass is 9.89. The van der Waals surface area contributed by atoms with Gasteiger partial charge in [-0.2, -0.15) is 0 Å². The van der Waals surface area contributed by atoms with Gasteiger partial charge in [0.25, 0.3) is 0 Å². The molecule has 0 aromatic heterocycles. The number of carboxylic acid groups (broad SMARTS) is 1. The van der Waals surface area contributed by atoms with Crippen LogP contribution in [0.25, 0.3) is 0 Å².